The second-order valence-electron chi connectivity index (χ2n) is 11.0. The summed E-state index contributed by atoms with van der Waals surface area (Å²) in [5.74, 6) is -0.928. The maximum absolute atomic E-state index is 16.0. The molecular formula is C33H32F2N6O3S. The van der Waals surface area contributed by atoms with Crippen LogP contribution in [0.15, 0.2) is 60.6 Å². The zero-order valence-corrected chi connectivity index (χ0v) is 26.2. The van der Waals surface area contributed by atoms with Crippen molar-refractivity contribution in [2.24, 2.45) is 0 Å². The summed E-state index contributed by atoms with van der Waals surface area (Å²) in [5.41, 5.74) is 3.71. The van der Waals surface area contributed by atoms with E-state index >= 15 is 4.39 Å². The second kappa shape index (κ2) is 12.4. The number of amides is 1. The van der Waals surface area contributed by atoms with Crippen molar-refractivity contribution in [3.8, 4) is 39.5 Å². The molecule has 9 nitrogen and oxygen atoms in total. The minimum Gasteiger partial charge on any atom is -0.490 e. The third kappa shape index (κ3) is 5.67. The fraction of sp³-hybridized carbons (Fsp3) is 0.273. The number of nitrogens with zero attached hydrogens (tertiary/aromatic N) is 6. The number of halogens is 2. The topological polar surface area (TPSA) is 85.6 Å². The minimum atomic E-state index is -0.785. The zero-order valence-electron chi connectivity index (χ0n) is 25.4. The summed E-state index contributed by atoms with van der Waals surface area (Å²) in [5, 5.41) is 7.63. The Morgan fingerprint density at radius 3 is 2.73 bits per heavy atom. The van der Waals surface area contributed by atoms with Gasteiger partial charge in [-0.3, -0.25) is 9.48 Å². The maximum atomic E-state index is 16.0. The van der Waals surface area contributed by atoms with Gasteiger partial charge in [0.2, 0.25) is 5.91 Å². The van der Waals surface area contributed by atoms with Crippen LogP contribution in [0.25, 0.3) is 43.9 Å². The second-order valence-corrected chi connectivity index (χ2v) is 11.9. The normalized spacial score (nSPS) is 14.4. The summed E-state index contributed by atoms with van der Waals surface area (Å²) in [6.45, 7) is 6.71. The molecule has 0 N–H and O–H groups in total. The number of thiophene rings is 1. The number of methoxy groups -OCH3 is 1. The molecule has 5 aromatic rings. The predicted molar refractivity (Wildman–Crippen MR) is 171 cm³/mol. The number of pyridine rings is 2. The van der Waals surface area contributed by atoms with Crippen LogP contribution in [0.2, 0.25) is 0 Å². The van der Waals surface area contributed by atoms with E-state index in [1.807, 2.05) is 60.2 Å². The molecule has 1 aliphatic rings. The number of carbonyl (C=O) groups is 1. The molecule has 1 amide bonds. The molecule has 0 aliphatic carbocycles. The standard InChI is InChI=1S/C33H32F2N6O3S/c1-6-28(42)40-18-22-16-25(38-41(22)17-19(40)2)32-30(29-24(35)14-21(34)15-26(29)44-11-10-43-5)33-23(8-12-45-33)31(37-32)20-7-9-36-27(13-20)39(3)4/h6-9,12-16,19H,1,10-11,17-18H2,2-5H3. The number of aromatic nitrogens is 4. The van der Waals surface area contributed by atoms with Gasteiger partial charge in [0.1, 0.15) is 41.2 Å². The first-order chi connectivity index (χ1) is 21.7. The lowest BCUT2D eigenvalue weighted by Gasteiger charge is -2.33. The van der Waals surface area contributed by atoms with Crippen LogP contribution in [-0.4, -0.2) is 71.0 Å². The fourth-order valence-electron chi connectivity index (χ4n) is 5.56. The van der Waals surface area contributed by atoms with Crippen LogP contribution in [0, 0.1) is 11.6 Å². The van der Waals surface area contributed by atoms with Crippen molar-refractivity contribution in [2.45, 2.75) is 26.1 Å². The first kappa shape index (κ1) is 30.4. The number of rotatable bonds is 9. The number of hydrogen-bond donors (Lipinski definition) is 0. The van der Waals surface area contributed by atoms with Gasteiger partial charge in [0, 0.05) is 66.8 Å². The minimum absolute atomic E-state index is 0.0363. The van der Waals surface area contributed by atoms with E-state index in [2.05, 4.69) is 11.6 Å². The van der Waals surface area contributed by atoms with Gasteiger partial charge in [0.15, 0.2) is 0 Å². The predicted octanol–water partition coefficient (Wildman–Crippen LogP) is 6.17. The molecule has 4 aromatic heterocycles. The Morgan fingerprint density at radius 1 is 1.16 bits per heavy atom. The quantitative estimate of drug-likeness (QED) is 0.142. The largest absolute Gasteiger partial charge is 0.490 e. The first-order valence-corrected chi connectivity index (χ1v) is 15.2. The Kier molecular flexibility index (Phi) is 8.34. The summed E-state index contributed by atoms with van der Waals surface area (Å²) in [6.07, 6.45) is 3.03. The molecule has 0 bridgehead atoms. The molecule has 5 heterocycles. The monoisotopic (exact) mass is 630 g/mol. The molecule has 0 saturated carbocycles. The Bertz CT molecular complexity index is 1920. The number of benzene rings is 1. The van der Waals surface area contributed by atoms with Gasteiger partial charge in [-0.05, 0) is 42.6 Å². The van der Waals surface area contributed by atoms with Gasteiger partial charge in [-0.2, -0.15) is 5.10 Å². The molecule has 1 atom stereocenters. The Hall–Kier alpha value is -4.68. The molecule has 0 spiro atoms. The van der Waals surface area contributed by atoms with Gasteiger partial charge < -0.3 is 19.3 Å². The molecule has 0 fully saturated rings. The first-order valence-electron chi connectivity index (χ1n) is 14.4. The van der Waals surface area contributed by atoms with E-state index in [1.165, 1.54) is 30.6 Å². The molecule has 1 unspecified atom stereocenters. The highest BCUT2D eigenvalue weighted by Gasteiger charge is 2.30. The van der Waals surface area contributed by atoms with E-state index in [0.29, 0.717) is 35.7 Å². The van der Waals surface area contributed by atoms with E-state index in [1.54, 1.807) is 11.1 Å². The van der Waals surface area contributed by atoms with Gasteiger partial charge >= 0.3 is 0 Å². The van der Waals surface area contributed by atoms with Gasteiger partial charge in [-0.25, -0.2) is 18.7 Å². The van der Waals surface area contributed by atoms with Crippen molar-refractivity contribution >= 4 is 33.1 Å². The lowest BCUT2D eigenvalue weighted by molar-refractivity contribution is -0.129. The zero-order chi connectivity index (χ0) is 31.8. The third-order valence-electron chi connectivity index (χ3n) is 7.76. The molecule has 0 radical (unpaired) electrons. The Morgan fingerprint density at radius 2 is 1.98 bits per heavy atom. The van der Waals surface area contributed by atoms with Crippen LogP contribution in [-0.2, 0) is 22.6 Å². The summed E-state index contributed by atoms with van der Waals surface area (Å²) >= 11 is 1.42. The van der Waals surface area contributed by atoms with Gasteiger partial charge in [-0.1, -0.05) is 6.58 Å². The van der Waals surface area contributed by atoms with Crippen LogP contribution in [0.4, 0.5) is 14.6 Å². The van der Waals surface area contributed by atoms with Gasteiger partial charge in [0.05, 0.1) is 36.6 Å². The smallest absolute Gasteiger partial charge is 0.246 e. The molecule has 0 saturated heterocycles. The Balaban J connectivity index is 1.63. The summed E-state index contributed by atoms with van der Waals surface area (Å²) < 4.78 is 44.2. The van der Waals surface area contributed by atoms with Crippen LogP contribution >= 0.6 is 11.3 Å². The van der Waals surface area contributed by atoms with E-state index in [4.69, 9.17) is 19.6 Å². The number of fused-ring (bicyclic) bond motifs is 2. The lowest BCUT2D eigenvalue weighted by atomic mass is 9.96. The van der Waals surface area contributed by atoms with Crippen LogP contribution in [0.5, 0.6) is 5.75 Å². The van der Waals surface area contributed by atoms with E-state index in [9.17, 15) is 9.18 Å². The highest BCUT2D eigenvalue weighted by atomic mass is 32.1. The van der Waals surface area contributed by atoms with Crippen LogP contribution in [0.1, 0.15) is 12.6 Å². The van der Waals surface area contributed by atoms with Crippen LogP contribution in [0.3, 0.4) is 0 Å². The molecular weight excluding hydrogens is 598 g/mol. The molecule has 232 valence electrons. The molecule has 1 aliphatic heterocycles. The number of hydrogen-bond acceptors (Lipinski definition) is 8. The Labute approximate surface area is 263 Å². The lowest BCUT2D eigenvalue weighted by Crippen LogP contribution is -2.44. The fourth-order valence-corrected chi connectivity index (χ4v) is 6.51. The molecule has 6 rings (SSSR count). The van der Waals surface area contributed by atoms with E-state index in [-0.39, 0.29) is 36.5 Å². The average molecular weight is 631 g/mol. The van der Waals surface area contributed by atoms with Gasteiger partial charge in [0.25, 0.3) is 0 Å². The summed E-state index contributed by atoms with van der Waals surface area (Å²) in [6, 6.07) is 9.55. The average Bonchev–Trinajstić information content (AvgIpc) is 3.67. The van der Waals surface area contributed by atoms with Crippen molar-refractivity contribution in [3.05, 3.63) is 78.0 Å². The summed E-state index contributed by atoms with van der Waals surface area (Å²) in [7, 11) is 5.35. The van der Waals surface area contributed by atoms with E-state index < -0.39 is 11.6 Å². The number of anilines is 1. The summed E-state index contributed by atoms with van der Waals surface area (Å²) in [4.78, 5) is 25.8. The van der Waals surface area contributed by atoms with Crippen LogP contribution < -0.4 is 9.64 Å². The third-order valence-corrected chi connectivity index (χ3v) is 8.70. The number of ether oxygens (including phenoxy) is 2. The van der Waals surface area contributed by atoms with E-state index in [0.717, 1.165) is 33.2 Å². The highest BCUT2D eigenvalue weighted by molar-refractivity contribution is 7.18. The molecule has 12 heteroatoms. The highest BCUT2D eigenvalue weighted by Crippen LogP contribution is 2.47. The SMILES string of the molecule is C=CC(=O)N1Cc2cc(-c3nc(-c4ccnc(N(C)C)c4)c4ccsc4c3-c3c(F)cc(F)cc3OCCOC)nn2CC1C. The van der Waals surface area contributed by atoms with Gasteiger partial charge in [-0.15, -0.1) is 11.3 Å². The maximum Gasteiger partial charge on any atom is 0.246 e. The van der Waals surface area contributed by atoms with Crippen molar-refractivity contribution in [2.75, 3.05) is 39.3 Å². The van der Waals surface area contributed by atoms with Crippen molar-refractivity contribution in [3.63, 3.8) is 0 Å². The van der Waals surface area contributed by atoms with Crippen molar-refractivity contribution in [1.82, 2.24) is 24.6 Å². The molecule has 1 aromatic carbocycles. The molecule has 45 heavy (non-hydrogen) atoms. The van der Waals surface area contributed by atoms with Crippen molar-refractivity contribution in [1.29, 1.82) is 0 Å². The number of carbonyl (C=O) groups excluding carboxylic acids is 1. The van der Waals surface area contributed by atoms with Crippen molar-refractivity contribution < 1.29 is 23.0 Å².